The first-order chi connectivity index (χ1) is 7.16. The average Bonchev–Trinajstić information content (AvgIpc) is 2.22. The zero-order chi connectivity index (χ0) is 10.8. The van der Waals surface area contributed by atoms with E-state index in [4.69, 9.17) is 11.6 Å². The van der Waals surface area contributed by atoms with Crippen molar-refractivity contribution in [1.29, 1.82) is 0 Å². The molecule has 0 atom stereocenters. The van der Waals surface area contributed by atoms with Crippen molar-refractivity contribution in [3.63, 3.8) is 0 Å². The Morgan fingerprint density at radius 1 is 1.20 bits per heavy atom. The highest BCUT2D eigenvalue weighted by atomic mass is 35.5. The fourth-order valence-electron chi connectivity index (χ4n) is 1.43. The summed E-state index contributed by atoms with van der Waals surface area (Å²) in [6, 6.07) is 10.8. The minimum atomic E-state index is -0.0971. The quantitative estimate of drug-likeness (QED) is 0.786. The van der Waals surface area contributed by atoms with Gasteiger partial charge in [-0.15, -0.1) is 0 Å². The molecule has 3 heteroatoms. The maximum atomic E-state index is 11.1. The highest BCUT2D eigenvalue weighted by Gasteiger charge is 2.00. The van der Waals surface area contributed by atoms with Gasteiger partial charge >= 0.3 is 0 Å². The average molecular weight is 220 g/mol. The van der Waals surface area contributed by atoms with Gasteiger partial charge in [-0.05, 0) is 36.2 Å². The smallest absolute Gasteiger partial charge is 0.248 e. The first kappa shape index (κ1) is 9.99. The van der Waals surface area contributed by atoms with Crippen LogP contribution >= 0.6 is 11.6 Å². The Kier molecular flexibility index (Phi) is 2.60. The summed E-state index contributed by atoms with van der Waals surface area (Å²) in [4.78, 5) is 13.9. The van der Waals surface area contributed by atoms with Crippen LogP contribution in [0.1, 0.15) is 5.56 Å². The molecule has 2 rings (SSSR count). The van der Waals surface area contributed by atoms with E-state index >= 15 is 0 Å². The Hall–Kier alpha value is -1.54. The number of H-pyrrole nitrogens is 1. The first-order valence-electron chi connectivity index (χ1n) is 4.63. The lowest BCUT2D eigenvalue weighted by Crippen LogP contribution is -2.03. The molecule has 1 heterocycles. The van der Waals surface area contributed by atoms with Crippen LogP contribution in [0.2, 0.25) is 5.02 Å². The van der Waals surface area contributed by atoms with Crippen LogP contribution < -0.4 is 5.56 Å². The molecule has 0 bridgehead atoms. The third-order valence-corrected chi connectivity index (χ3v) is 2.66. The zero-order valence-corrected chi connectivity index (χ0v) is 9.01. The Bertz CT molecular complexity index is 545. The summed E-state index contributed by atoms with van der Waals surface area (Å²) in [5.74, 6) is 0. The van der Waals surface area contributed by atoms with Crippen LogP contribution in [0.25, 0.3) is 11.3 Å². The van der Waals surface area contributed by atoms with E-state index in [1.54, 1.807) is 6.07 Å². The predicted octanol–water partition coefficient (Wildman–Crippen LogP) is 3.00. The molecule has 0 radical (unpaired) electrons. The van der Waals surface area contributed by atoms with Crippen LogP contribution in [0.3, 0.4) is 0 Å². The monoisotopic (exact) mass is 219 g/mol. The third kappa shape index (κ3) is 2.10. The summed E-state index contributed by atoms with van der Waals surface area (Å²) in [7, 11) is 0. The van der Waals surface area contributed by atoms with Gasteiger partial charge in [0.1, 0.15) is 0 Å². The summed E-state index contributed by atoms with van der Waals surface area (Å²) in [6.45, 7) is 1.94. The summed E-state index contributed by atoms with van der Waals surface area (Å²) < 4.78 is 0. The van der Waals surface area contributed by atoms with E-state index in [1.807, 2.05) is 31.2 Å². The van der Waals surface area contributed by atoms with Crippen molar-refractivity contribution >= 4 is 11.6 Å². The Labute approximate surface area is 92.5 Å². The van der Waals surface area contributed by atoms with Crippen LogP contribution in [-0.4, -0.2) is 4.98 Å². The number of hydrogen-bond donors (Lipinski definition) is 1. The number of aromatic amines is 1. The van der Waals surface area contributed by atoms with Crippen molar-refractivity contribution in [2.45, 2.75) is 6.92 Å². The molecule has 2 nitrogen and oxygen atoms in total. The number of nitrogens with one attached hydrogen (secondary N) is 1. The highest BCUT2D eigenvalue weighted by molar-refractivity contribution is 6.31. The fraction of sp³-hybridized carbons (Fsp3) is 0.0833. The lowest BCUT2D eigenvalue weighted by Gasteiger charge is -2.03. The molecule has 1 N–H and O–H groups in total. The van der Waals surface area contributed by atoms with Crippen LogP contribution in [0, 0.1) is 6.92 Å². The van der Waals surface area contributed by atoms with Gasteiger partial charge in [-0.2, -0.15) is 0 Å². The van der Waals surface area contributed by atoms with Crippen molar-refractivity contribution in [2.24, 2.45) is 0 Å². The first-order valence-corrected chi connectivity index (χ1v) is 5.00. The van der Waals surface area contributed by atoms with Crippen LogP contribution in [0.4, 0.5) is 0 Å². The van der Waals surface area contributed by atoms with Gasteiger partial charge in [0.15, 0.2) is 0 Å². The normalized spacial score (nSPS) is 10.3. The number of pyridine rings is 1. The highest BCUT2D eigenvalue weighted by Crippen LogP contribution is 2.22. The fourth-order valence-corrected chi connectivity index (χ4v) is 1.55. The van der Waals surface area contributed by atoms with Gasteiger partial charge in [-0.25, -0.2) is 0 Å². The van der Waals surface area contributed by atoms with Gasteiger partial charge in [-0.1, -0.05) is 23.7 Å². The molecule has 76 valence electrons. The summed E-state index contributed by atoms with van der Waals surface area (Å²) in [6.07, 6.45) is 0. The molecule has 15 heavy (non-hydrogen) atoms. The van der Waals surface area contributed by atoms with Crippen molar-refractivity contribution in [3.05, 3.63) is 57.3 Å². The Morgan fingerprint density at radius 3 is 2.67 bits per heavy atom. The standard InChI is InChI=1S/C12H10ClNO/c1-8-7-9(5-6-10(8)13)11-3-2-4-12(15)14-11/h2-7H,1H3,(H,14,15). The van der Waals surface area contributed by atoms with Gasteiger partial charge in [0.05, 0.1) is 0 Å². The van der Waals surface area contributed by atoms with Crippen LogP contribution in [-0.2, 0) is 0 Å². The van der Waals surface area contributed by atoms with Gasteiger partial charge in [-0.3, -0.25) is 4.79 Å². The summed E-state index contributed by atoms with van der Waals surface area (Å²) in [5.41, 5.74) is 2.68. The predicted molar refractivity (Wildman–Crippen MR) is 62.2 cm³/mol. The molecule has 0 aliphatic carbocycles. The molecule has 0 aliphatic rings. The van der Waals surface area contributed by atoms with E-state index in [-0.39, 0.29) is 5.56 Å². The zero-order valence-electron chi connectivity index (χ0n) is 8.25. The van der Waals surface area contributed by atoms with E-state index in [2.05, 4.69) is 4.98 Å². The number of aryl methyl sites for hydroxylation is 1. The number of rotatable bonds is 1. The molecule has 1 aromatic carbocycles. The molecule has 0 fully saturated rings. The maximum Gasteiger partial charge on any atom is 0.248 e. The molecular weight excluding hydrogens is 210 g/mol. The second-order valence-electron chi connectivity index (χ2n) is 3.39. The molecule has 2 aromatic rings. The van der Waals surface area contributed by atoms with E-state index in [1.165, 1.54) is 6.07 Å². The van der Waals surface area contributed by atoms with Gasteiger partial charge in [0.25, 0.3) is 0 Å². The van der Waals surface area contributed by atoms with Crippen LogP contribution in [0.5, 0.6) is 0 Å². The van der Waals surface area contributed by atoms with Crippen molar-refractivity contribution in [2.75, 3.05) is 0 Å². The third-order valence-electron chi connectivity index (χ3n) is 2.24. The molecule has 0 unspecified atom stereocenters. The van der Waals surface area contributed by atoms with Crippen molar-refractivity contribution in [3.8, 4) is 11.3 Å². The second kappa shape index (κ2) is 3.91. The number of aromatic nitrogens is 1. The Morgan fingerprint density at radius 2 is 2.00 bits per heavy atom. The van der Waals surface area contributed by atoms with E-state index in [9.17, 15) is 4.79 Å². The summed E-state index contributed by atoms with van der Waals surface area (Å²) in [5, 5.41) is 0.733. The topological polar surface area (TPSA) is 32.9 Å². The van der Waals surface area contributed by atoms with Crippen LogP contribution in [0.15, 0.2) is 41.2 Å². The number of halogens is 1. The van der Waals surface area contributed by atoms with Gasteiger partial charge < -0.3 is 4.98 Å². The maximum absolute atomic E-state index is 11.1. The molecule has 0 saturated heterocycles. The Balaban J connectivity index is 2.55. The van der Waals surface area contributed by atoms with E-state index in [0.717, 1.165) is 21.8 Å². The SMILES string of the molecule is Cc1cc(-c2cccc(=O)[nH]2)ccc1Cl. The molecule has 0 amide bonds. The lowest BCUT2D eigenvalue weighted by atomic mass is 10.1. The number of benzene rings is 1. The minimum Gasteiger partial charge on any atom is -0.322 e. The molecule has 1 aromatic heterocycles. The summed E-state index contributed by atoms with van der Waals surface area (Å²) >= 11 is 5.93. The number of hydrogen-bond acceptors (Lipinski definition) is 1. The second-order valence-corrected chi connectivity index (χ2v) is 3.80. The van der Waals surface area contributed by atoms with Gasteiger partial charge in [0.2, 0.25) is 5.56 Å². The minimum absolute atomic E-state index is 0.0971. The van der Waals surface area contributed by atoms with E-state index < -0.39 is 0 Å². The molecule has 0 spiro atoms. The van der Waals surface area contributed by atoms with Crippen molar-refractivity contribution in [1.82, 2.24) is 4.98 Å². The molecule has 0 aliphatic heterocycles. The van der Waals surface area contributed by atoms with Gasteiger partial charge in [0, 0.05) is 16.8 Å². The van der Waals surface area contributed by atoms with Crippen molar-refractivity contribution < 1.29 is 0 Å². The molecular formula is C12H10ClNO. The molecule has 0 saturated carbocycles. The largest absolute Gasteiger partial charge is 0.322 e. The van der Waals surface area contributed by atoms with E-state index in [0.29, 0.717) is 0 Å². The lowest BCUT2D eigenvalue weighted by molar-refractivity contribution is 1.24.